The second-order valence-corrected chi connectivity index (χ2v) is 7.40. The fourth-order valence-electron chi connectivity index (χ4n) is 3.62. The highest BCUT2D eigenvalue weighted by molar-refractivity contribution is 9.10. The van der Waals surface area contributed by atoms with Crippen LogP contribution in [0.5, 0.6) is 0 Å². The van der Waals surface area contributed by atoms with E-state index in [0.29, 0.717) is 5.52 Å². The molecule has 4 rings (SSSR count). The third kappa shape index (κ3) is 2.96. The molecule has 0 radical (unpaired) electrons. The summed E-state index contributed by atoms with van der Waals surface area (Å²) in [4.78, 5) is 12.7. The zero-order chi connectivity index (χ0) is 17.8. The topological polar surface area (TPSA) is 39.3 Å². The quantitative estimate of drug-likeness (QED) is 0.614. The van der Waals surface area contributed by atoms with Gasteiger partial charge in [-0.25, -0.2) is 4.52 Å². The van der Waals surface area contributed by atoms with Gasteiger partial charge in [0.05, 0.1) is 16.6 Å². The second kappa shape index (κ2) is 5.86. The third-order valence-electron chi connectivity index (χ3n) is 4.76. The van der Waals surface area contributed by atoms with Gasteiger partial charge in [0.2, 0.25) is 0 Å². The van der Waals surface area contributed by atoms with Crippen LogP contribution in [-0.4, -0.2) is 20.4 Å². The largest absolute Gasteiger partial charge is 0.406 e. The van der Waals surface area contributed by atoms with Crippen LogP contribution in [0.4, 0.5) is 13.2 Å². The number of aromatic nitrogens is 3. The first-order chi connectivity index (χ1) is 11.8. The van der Waals surface area contributed by atoms with Crippen LogP contribution < -0.4 is 5.56 Å². The second-order valence-electron chi connectivity index (χ2n) is 6.49. The van der Waals surface area contributed by atoms with Crippen LogP contribution in [0.15, 0.2) is 33.5 Å². The summed E-state index contributed by atoms with van der Waals surface area (Å²) >= 11 is 3.35. The Balaban J connectivity index is 2.04. The Labute approximate surface area is 149 Å². The van der Waals surface area contributed by atoms with Crippen molar-refractivity contribution in [2.24, 2.45) is 0 Å². The van der Waals surface area contributed by atoms with Crippen molar-refractivity contribution >= 4 is 32.5 Å². The minimum absolute atomic E-state index is 0.190. The van der Waals surface area contributed by atoms with Gasteiger partial charge in [-0.05, 0) is 31.0 Å². The number of alkyl halides is 3. The Kier molecular flexibility index (Phi) is 3.90. The molecule has 1 aliphatic carbocycles. The summed E-state index contributed by atoms with van der Waals surface area (Å²) in [5.41, 5.74) is 0.817. The van der Waals surface area contributed by atoms with Crippen molar-refractivity contribution in [1.29, 1.82) is 0 Å². The lowest BCUT2D eigenvalue weighted by Crippen LogP contribution is -2.29. The molecule has 1 aliphatic rings. The summed E-state index contributed by atoms with van der Waals surface area (Å²) in [7, 11) is 0. The maximum absolute atomic E-state index is 13.0. The first kappa shape index (κ1) is 16.6. The van der Waals surface area contributed by atoms with Crippen LogP contribution in [0, 0.1) is 0 Å². The Morgan fingerprint density at radius 1 is 1.20 bits per heavy atom. The number of halogens is 4. The monoisotopic (exact) mass is 413 g/mol. The molecule has 4 nitrogen and oxygen atoms in total. The van der Waals surface area contributed by atoms with Crippen LogP contribution in [0.2, 0.25) is 0 Å². The van der Waals surface area contributed by atoms with E-state index in [9.17, 15) is 18.0 Å². The number of nitrogens with zero attached hydrogens (tertiary/aromatic N) is 3. The minimum atomic E-state index is -4.48. The van der Waals surface area contributed by atoms with E-state index in [4.69, 9.17) is 0 Å². The standard InChI is InChI=1S/C17H15BrF3N3O/c18-11-5-6-12-14(7-11)24-15(23(16(12)25)9-17(19,20)21)8-13(22-24)10-3-1-2-4-10/h5-8,10H,1-4,9H2. The van der Waals surface area contributed by atoms with Crippen LogP contribution in [-0.2, 0) is 6.54 Å². The molecule has 1 saturated carbocycles. The van der Waals surface area contributed by atoms with E-state index in [-0.39, 0.29) is 17.0 Å². The molecule has 0 spiro atoms. The van der Waals surface area contributed by atoms with E-state index in [2.05, 4.69) is 21.0 Å². The van der Waals surface area contributed by atoms with Crippen LogP contribution in [0.1, 0.15) is 37.3 Å². The molecule has 0 N–H and O–H groups in total. The molecule has 25 heavy (non-hydrogen) atoms. The molecule has 0 amide bonds. The van der Waals surface area contributed by atoms with Crippen molar-refractivity contribution in [3.63, 3.8) is 0 Å². The lowest BCUT2D eigenvalue weighted by Gasteiger charge is -2.13. The van der Waals surface area contributed by atoms with Crippen LogP contribution in [0.25, 0.3) is 16.6 Å². The molecular formula is C17H15BrF3N3O. The Bertz CT molecular complexity index is 1020. The van der Waals surface area contributed by atoms with Gasteiger partial charge in [-0.15, -0.1) is 0 Å². The molecular weight excluding hydrogens is 399 g/mol. The van der Waals surface area contributed by atoms with Gasteiger partial charge in [-0.2, -0.15) is 18.3 Å². The van der Waals surface area contributed by atoms with Gasteiger partial charge >= 0.3 is 6.18 Å². The van der Waals surface area contributed by atoms with Gasteiger partial charge in [0.15, 0.2) is 0 Å². The molecule has 0 atom stereocenters. The van der Waals surface area contributed by atoms with Crippen molar-refractivity contribution in [2.45, 2.75) is 44.3 Å². The minimum Gasteiger partial charge on any atom is -0.283 e. The molecule has 8 heteroatoms. The van der Waals surface area contributed by atoms with E-state index in [1.54, 1.807) is 18.2 Å². The van der Waals surface area contributed by atoms with Crippen LogP contribution >= 0.6 is 15.9 Å². The van der Waals surface area contributed by atoms with Gasteiger partial charge in [0, 0.05) is 16.5 Å². The van der Waals surface area contributed by atoms with Crippen molar-refractivity contribution in [3.8, 4) is 0 Å². The summed E-state index contributed by atoms with van der Waals surface area (Å²) < 4.78 is 42.1. The van der Waals surface area contributed by atoms with Crippen molar-refractivity contribution < 1.29 is 13.2 Å². The van der Waals surface area contributed by atoms with Gasteiger partial charge in [-0.1, -0.05) is 28.8 Å². The van der Waals surface area contributed by atoms with Gasteiger partial charge in [0.25, 0.3) is 5.56 Å². The molecule has 2 heterocycles. The molecule has 1 fully saturated rings. The fourth-order valence-corrected chi connectivity index (χ4v) is 3.97. The van der Waals surface area contributed by atoms with E-state index in [1.807, 2.05) is 0 Å². The molecule has 0 bridgehead atoms. The highest BCUT2D eigenvalue weighted by atomic mass is 79.9. The Morgan fingerprint density at radius 3 is 2.60 bits per heavy atom. The average molecular weight is 414 g/mol. The SMILES string of the molecule is O=c1c2ccc(Br)cc2n2nc(C3CCCC3)cc2n1CC(F)(F)F. The molecule has 132 valence electrons. The molecule has 0 saturated heterocycles. The van der Waals surface area contributed by atoms with Crippen LogP contribution in [0.3, 0.4) is 0 Å². The molecule has 0 unspecified atom stereocenters. The van der Waals surface area contributed by atoms with E-state index in [0.717, 1.165) is 40.4 Å². The maximum atomic E-state index is 13.0. The molecule has 1 aromatic carbocycles. The van der Waals surface area contributed by atoms with E-state index < -0.39 is 18.3 Å². The predicted molar refractivity (Wildman–Crippen MR) is 91.9 cm³/mol. The number of rotatable bonds is 2. The Hall–Kier alpha value is -1.83. The average Bonchev–Trinajstić information content (AvgIpc) is 3.19. The first-order valence-corrected chi connectivity index (χ1v) is 8.91. The summed E-state index contributed by atoms with van der Waals surface area (Å²) in [6.07, 6.45) is -0.324. The van der Waals surface area contributed by atoms with Crippen molar-refractivity contribution in [2.75, 3.05) is 0 Å². The maximum Gasteiger partial charge on any atom is 0.406 e. The van der Waals surface area contributed by atoms with E-state index in [1.165, 1.54) is 10.6 Å². The molecule has 0 aliphatic heterocycles. The zero-order valence-electron chi connectivity index (χ0n) is 13.2. The fraction of sp³-hybridized carbons (Fsp3) is 0.412. The third-order valence-corrected chi connectivity index (χ3v) is 5.25. The van der Waals surface area contributed by atoms with Crippen molar-refractivity contribution in [1.82, 2.24) is 14.2 Å². The Morgan fingerprint density at radius 2 is 1.92 bits per heavy atom. The van der Waals surface area contributed by atoms with Gasteiger partial charge < -0.3 is 0 Å². The van der Waals surface area contributed by atoms with Gasteiger partial charge in [0.1, 0.15) is 12.2 Å². The predicted octanol–water partition coefficient (Wildman–Crippen LogP) is 4.63. The first-order valence-electron chi connectivity index (χ1n) is 8.12. The zero-order valence-corrected chi connectivity index (χ0v) is 14.8. The number of hydrogen-bond acceptors (Lipinski definition) is 2. The highest BCUT2D eigenvalue weighted by Gasteiger charge is 2.31. The lowest BCUT2D eigenvalue weighted by atomic mass is 10.1. The number of benzene rings is 1. The number of fused-ring (bicyclic) bond motifs is 3. The van der Waals surface area contributed by atoms with Gasteiger partial charge in [-0.3, -0.25) is 9.36 Å². The summed E-state index contributed by atoms with van der Waals surface area (Å²) in [5, 5.41) is 4.79. The highest BCUT2D eigenvalue weighted by Crippen LogP contribution is 2.34. The smallest absolute Gasteiger partial charge is 0.283 e. The summed E-state index contributed by atoms with van der Waals surface area (Å²) in [6.45, 7) is -1.32. The summed E-state index contributed by atoms with van der Waals surface area (Å²) in [6, 6.07) is 6.54. The molecule has 2 aromatic heterocycles. The van der Waals surface area contributed by atoms with E-state index >= 15 is 0 Å². The normalized spacial score (nSPS) is 16.3. The molecule has 3 aromatic rings. The van der Waals surface area contributed by atoms with Crippen molar-refractivity contribution in [3.05, 3.63) is 44.8 Å². The summed E-state index contributed by atoms with van der Waals surface area (Å²) in [5.74, 6) is 0.247. The number of hydrogen-bond donors (Lipinski definition) is 0. The lowest BCUT2D eigenvalue weighted by molar-refractivity contribution is -0.140.